The van der Waals surface area contributed by atoms with Crippen LogP contribution >= 0.6 is 12.2 Å². The number of nitrogens with one attached hydrogen (secondary N) is 3. The van der Waals surface area contributed by atoms with Gasteiger partial charge in [-0.3, -0.25) is 5.43 Å². The van der Waals surface area contributed by atoms with Crippen LogP contribution in [0.25, 0.3) is 0 Å². The third-order valence-corrected chi connectivity index (χ3v) is 4.12. The molecule has 3 N–H and O–H groups in total. The third-order valence-electron chi connectivity index (χ3n) is 3.91. The maximum atomic E-state index is 5.29. The van der Waals surface area contributed by atoms with E-state index in [0.29, 0.717) is 17.1 Å². The molecule has 3 unspecified atom stereocenters. The molecule has 100 valence electrons. The zero-order chi connectivity index (χ0) is 13.2. The standard InChI is InChI=1S/C14H18N4S/c1-9(12-3-2-6-15-12)17-18-14(19)16-13-8-10-4-5-11(13)7-10/h2-6,10-11,13,15H,7-8H2,1H3,(H2,16,18,19). The number of hydrogen-bond acceptors (Lipinski definition) is 2. The van der Waals surface area contributed by atoms with E-state index in [-0.39, 0.29) is 0 Å². The fourth-order valence-corrected chi connectivity index (χ4v) is 3.09. The highest BCUT2D eigenvalue weighted by Crippen LogP contribution is 2.38. The van der Waals surface area contributed by atoms with Crippen molar-refractivity contribution in [3.8, 4) is 0 Å². The van der Waals surface area contributed by atoms with E-state index in [2.05, 4.69) is 33.0 Å². The SMILES string of the molecule is CC(=NNC(=S)NC1CC2C=CC1C2)c1ccc[nH]1. The van der Waals surface area contributed by atoms with E-state index in [9.17, 15) is 0 Å². The second-order valence-electron chi connectivity index (χ2n) is 5.25. The lowest BCUT2D eigenvalue weighted by Gasteiger charge is -2.20. The Morgan fingerprint density at radius 2 is 2.32 bits per heavy atom. The van der Waals surface area contributed by atoms with E-state index in [4.69, 9.17) is 12.2 Å². The van der Waals surface area contributed by atoms with Gasteiger partial charge in [0.2, 0.25) is 0 Å². The Kier molecular flexibility index (Phi) is 3.38. The number of aromatic amines is 1. The molecule has 0 saturated heterocycles. The topological polar surface area (TPSA) is 52.2 Å². The van der Waals surface area contributed by atoms with Gasteiger partial charge in [0.05, 0.1) is 11.4 Å². The van der Waals surface area contributed by atoms with Crippen molar-refractivity contribution in [1.82, 2.24) is 15.7 Å². The van der Waals surface area contributed by atoms with Crippen LogP contribution in [0.2, 0.25) is 0 Å². The van der Waals surface area contributed by atoms with Gasteiger partial charge in [-0.05, 0) is 56.0 Å². The molecule has 0 aromatic carbocycles. The Labute approximate surface area is 118 Å². The van der Waals surface area contributed by atoms with Crippen LogP contribution in [-0.4, -0.2) is 21.8 Å². The molecule has 3 rings (SSSR count). The molecule has 0 spiro atoms. The summed E-state index contributed by atoms with van der Waals surface area (Å²) in [5, 5.41) is 8.26. The molecule has 2 aliphatic rings. The number of nitrogens with zero attached hydrogens (tertiary/aromatic N) is 1. The minimum atomic E-state index is 0.469. The van der Waals surface area contributed by atoms with Crippen LogP contribution in [0.15, 0.2) is 35.6 Å². The van der Waals surface area contributed by atoms with Crippen molar-refractivity contribution >= 4 is 23.0 Å². The van der Waals surface area contributed by atoms with E-state index >= 15 is 0 Å². The second-order valence-corrected chi connectivity index (χ2v) is 5.66. The van der Waals surface area contributed by atoms with E-state index in [0.717, 1.165) is 17.3 Å². The van der Waals surface area contributed by atoms with E-state index in [1.807, 2.05) is 25.3 Å². The molecule has 2 aliphatic carbocycles. The van der Waals surface area contributed by atoms with Gasteiger partial charge < -0.3 is 10.3 Å². The van der Waals surface area contributed by atoms with E-state index in [1.165, 1.54) is 12.8 Å². The molecule has 19 heavy (non-hydrogen) atoms. The zero-order valence-corrected chi connectivity index (χ0v) is 11.7. The van der Waals surface area contributed by atoms with Crippen molar-refractivity contribution in [3.05, 3.63) is 36.2 Å². The molecule has 0 radical (unpaired) electrons. The predicted molar refractivity (Wildman–Crippen MR) is 81.0 cm³/mol. The molecular formula is C14H18N4S. The Balaban J connectivity index is 1.52. The van der Waals surface area contributed by atoms with Crippen molar-refractivity contribution in [2.45, 2.75) is 25.8 Å². The Morgan fingerprint density at radius 1 is 1.42 bits per heavy atom. The Hall–Kier alpha value is -1.62. The van der Waals surface area contributed by atoms with E-state index in [1.54, 1.807) is 0 Å². The quantitative estimate of drug-likeness (QED) is 0.343. The highest BCUT2D eigenvalue weighted by atomic mass is 32.1. The maximum absolute atomic E-state index is 5.29. The monoisotopic (exact) mass is 274 g/mol. The summed E-state index contributed by atoms with van der Waals surface area (Å²) in [4.78, 5) is 3.11. The molecule has 4 nitrogen and oxygen atoms in total. The molecule has 3 atom stereocenters. The van der Waals surface area contributed by atoms with Crippen molar-refractivity contribution in [1.29, 1.82) is 0 Å². The first-order chi connectivity index (χ1) is 9.22. The molecular weight excluding hydrogens is 256 g/mol. The summed E-state index contributed by atoms with van der Waals surface area (Å²) in [5.41, 5.74) is 4.81. The van der Waals surface area contributed by atoms with Gasteiger partial charge in [0.25, 0.3) is 0 Å². The number of hydrazone groups is 1. The fourth-order valence-electron chi connectivity index (χ4n) is 2.90. The first-order valence-electron chi connectivity index (χ1n) is 6.65. The first kappa shape index (κ1) is 12.4. The fraction of sp³-hybridized carbons (Fsp3) is 0.429. The molecule has 1 aromatic rings. The summed E-state index contributed by atoms with van der Waals surface area (Å²) < 4.78 is 0. The molecule has 1 saturated carbocycles. The number of aromatic nitrogens is 1. The van der Waals surface area contributed by atoms with Gasteiger partial charge in [-0.2, -0.15) is 5.10 Å². The zero-order valence-electron chi connectivity index (χ0n) is 10.9. The van der Waals surface area contributed by atoms with Gasteiger partial charge >= 0.3 is 0 Å². The number of rotatable bonds is 3. The van der Waals surface area contributed by atoms with Crippen molar-refractivity contribution in [2.24, 2.45) is 16.9 Å². The van der Waals surface area contributed by atoms with Crippen LogP contribution < -0.4 is 10.7 Å². The maximum Gasteiger partial charge on any atom is 0.187 e. The van der Waals surface area contributed by atoms with Gasteiger partial charge in [0, 0.05) is 12.2 Å². The third kappa shape index (κ3) is 2.71. The summed E-state index contributed by atoms with van der Waals surface area (Å²) in [7, 11) is 0. The number of thiocarbonyl (C=S) groups is 1. The summed E-state index contributed by atoms with van der Waals surface area (Å²) in [5.74, 6) is 1.38. The molecule has 0 amide bonds. The molecule has 5 heteroatoms. The van der Waals surface area contributed by atoms with Gasteiger partial charge in [-0.15, -0.1) is 0 Å². The lowest BCUT2D eigenvalue weighted by atomic mass is 10.0. The summed E-state index contributed by atoms with van der Waals surface area (Å²) in [6.07, 6.45) is 8.97. The summed E-state index contributed by atoms with van der Waals surface area (Å²) in [6.45, 7) is 1.95. The van der Waals surface area contributed by atoms with Crippen molar-refractivity contribution < 1.29 is 0 Å². The lowest BCUT2D eigenvalue weighted by Crippen LogP contribution is -2.42. The highest BCUT2D eigenvalue weighted by molar-refractivity contribution is 7.80. The molecule has 0 aliphatic heterocycles. The molecule has 1 fully saturated rings. The van der Waals surface area contributed by atoms with Crippen LogP contribution in [0.4, 0.5) is 0 Å². The number of H-pyrrole nitrogens is 1. The largest absolute Gasteiger partial charge is 0.360 e. The average Bonchev–Trinajstić information content (AvgIpc) is 3.12. The average molecular weight is 274 g/mol. The van der Waals surface area contributed by atoms with E-state index < -0.39 is 0 Å². The number of allylic oxidation sites excluding steroid dienone is 1. The number of fused-ring (bicyclic) bond motifs is 2. The van der Waals surface area contributed by atoms with Crippen LogP contribution in [-0.2, 0) is 0 Å². The normalized spacial score (nSPS) is 28.7. The number of hydrogen-bond donors (Lipinski definition) is 3. The van der Waals surface area contributed by atoms with Gasteiger partial charge in [-0.1, -0.05) is 12.2 Å². The van der Waals surface area contributed by atoms with Crippen LogP contribution in [0.3, 0.4) is 0 Å². The van der Waals surface area contributed by atoms with Gasteiger partial charge in [0.1, 0.15) is 0 Å². The second kappa shape index (κ2) is 5.17. The first-order valence-corrected chi connectivity index (χ1v) is 7.06. The molecule has 2 bridgehead atoms. The van der Waals surface area contributed by atoms with Crippen LogP contribution in [0.5, 0.6) is 0 Å². The van der Waals surface area contributed by atoms with Gasteiger partial charge in [-0.25, -0.2) is 0 Å². The predicted octanol–water partition coefficient (Wildman–Crippen LogP) is 2.17. The van der Waals surface area contributed by atoms with Gasteiger partial charge in [0.15, 0.2) is 5.11 Å². The smallest absolute Gasteiger partial charge is 0.187 e. The molecule has 1 aromatic heterocycles. The van der Waals surface area contributed by atoms with Crippen molar-refractivity contribution in [2.75, 3.05) is 0 Å². The Morgan fingerprint density at radius 3 is 2.95 bits per heavy atom. The Bertz CT molecular complexity index is 518. The molecule has 1 heterocycles. The summed E-state index contributed by atoms with van der Waals surface area (Å²) >= 11 is 5.29. The lowest BCUT2D eigenvalue weighted by molar-refractivity contribution is 0.521. The summed E-state index contributed by atoms with van der Waals surface area (Å²) in [6, 6.07) is 4.40. The minimum absolute atomic E-state index is 0.469. The van der Waals surface area contributed by atoms with Crippen molar-refractivity contribution in [3.63, 3.8) is 0 Å². The highest BCUT2D eigenvalue weighted by Gasteiger charge is 2.35. The van der Waals surface area contributed by atoms with Crippen LogP contribution in [0.1, 0.15) is 25.5 Å². The van der Waals surface area contributed by atoms with Crippen LogP contribution in [0, 0.1) is 11.8 Å². The minimum Gasteiger partial charge on any atom is -0.360 e.